The van der Waals surface area contributed by atoms with Gasteiger partial charge in [-0.1, -0.05) is 42.5 Å². The number of aromatic nitrogens is 1. The van der Waals surface area contributed by atoms with Crippen LogP contribution in [0, 0.1) is 0 Å². The number of nitrogens with one attached hydrogen (secondary N) is 1. The summed E-state index contributed by atoms with van der Waals surface area (Å²) < 4.78 is 0. The van der Waals surface area contributed by atoms with Crippen LogP contribution in [-0.4, -0.2) is 10.1 Å². The largest absolute Gasteiger partial charge is 0.384 e. The lowest BCUT2D eigenvalue weighted by Gasteiger charge is -2.11. The van der Waals surface area contributed by atoms with Gasteiger partial charge in [-0.25, -0.2) is 0 Å². The van der Waals surface area contributed by atoms with Gasteiger partial charge in [0.05, 0.1) is 0 Å². The van der Waals surface area contributed by atoms with Gasteiger partial charge in [0.2, 0.25) is 0 Å². The number of H-pyrrole nitrogens is 1. The lowest BCUT2D eigenvalue weighted by Crippen LogP contribution is -1.98. The van der Waals surface area contributed by atoms with Gasteiger partial charge < -0.3 is 10.1 Å². The maximum atomic E-state index is 10.6. The highest BCUT2D eigenvalue weighted by Gasteiger charge is 2.23. The second-order valence-electron chi connectivity index (χ2n) is 5.63. The zero-order valence-corrected chi connectivity index (χ0v) is 11.2. The van der Waals surface area contributed by atoms with Crippen molar-refractivity contribution in [3.05, 3.63) is 71.4 Å². The van der Waals surface area contributed by atoms with E-state index in [1.54, 1.807) is 0 Å². The van der Waals surface area contributed by atoms with E-state index >= 15 is 0 Å². The van der Waals surface area contributed by atoms with Crippen molar-refractivity contribution in [1.82, 2.24) is 4.98 Å². The average Bonchev–Trinajstić information content (AvgIpc) is 3.26. The zero-order chi connectivity index (χ0) is 13.5. The number of fused-ring (bicyclic) bond motifs is 1. The van der Waals surface area contributed by atoms with E-state index in [-0.39, 0.29) is 0 Å². The Morgan fingerprint density at radius 2 is 1.75 bits per heavy atom. The van der Waals surface area contributed by atoms with Crippen LogP contribution in [0.1, 0.15) is 41.6 Å². The minimum Gasteiger partial charge on any atom is -0.384 e. The Balaban J connectivity index is 1.70. The summed E-state index contributed by atoms with van der Waals surface area (Å²) in [5, 5.41) is 11.7. The lowest BCUT2D eigenvalue weighted by atomic mass is 9.99. The van der Waals surface area contributed by atoms with Gasteiger partial charge in [-0.15, -0.1) is 0 Å². The van der Waals surface area contributed by atoms with Crippen molar-refractivity contribution in [2.24, 2.45) is 0 Å². The standard InChI is InChI=1S/C18H17NO/c20-18(14-9-7-13(8-10-14)12-5-6-12)16-11-19-17-4-2-1-3-15(16)17/h1-4,7-12,18-20H,5-6H2. The quantitative estimate of drug-likeness (QED) is 0.732. The molecule has 0 saturated heterocycles. The molecule has 2 aromatic carbocycles. The van der Waals surface area contributed by atoms with Crippen molar-refractivity contribution in [3.63, 3.8) is 0 Å². The lowest BCUT2D eigenvalue weighted by molar-refractivity contribution is 0.222. The monoisotopic (exact) mass is 263 g/mol. The fourth-order valence-corrected chi connectivity index (χ4v) is 2.87. The summed E-state index contributed by atoms with van der Waals surface area (Å²) in [4.78, 5) is 3.22. The first-order valence-electron chi connectivity index (χ1n) is 7.17. The molecule has 1 heterocycles. The minimum absolute atomic E-state index is 0.570. The van der Waals surface area contributed by atoms with Crippen molar-refractivity contribution in [2.45, 2.75) is 24.9 Å². The number of rotatable bonds is 3. The summed E-state index contributed by atoms with van der Waals surface area (Å²) in [6.07, 6.45) is 3.96. The van der Waals surface area contributed by atoms with Crippen LogP contribution < -0.4 is 0 Å². The van der Waals surface area contributed by atoms with E-state index in [0.29, 0.717) is 0 Å². The van der Waals surface area contributed by atoms with Gasteiger partial charge in [0.15, 0.2) is 0 Å². The van der Waals surface area contributed by atoms with E-state index in [4.69, 9.17) is 0 Å². The van der Waals surface area contributed by atoms with E-state index < -0.39 is 6.10 Å². The molecule has 0 amide bonds. The van der Waals surface area contributed by atoms with E-state index in [1.165, 1.54) is 18.4 Å². The fraction of sp³-hybridized carbons (Fsp3) is 0.222. The molecule has 1 fully saturated rings. The SMILES string of the molecule is OC(c1ccc(C2CC2)cc1)c1c[nH]c2ccccc12. The molecule has 1 aromatic heterocycles. The minimum atomic E-state index is -0.570. The van der Waals surface area contributed by atoms with Crippen molar-refractivity contribution >= 4 is 10.9 Å². The Bertz CT molecular complexity index is 737. The van der Waals surface area contributed by atoms with Crippen molar-refractivity contribution in [2.75, 3.05) is 0 Å². The third kappa shape index (κ3) is 1.93. The highest BCUT2D eigenvalue weighted by Crippen LogP contribution is 2.40. The first kappa shape index (κ1) is 11.7. The highest BCUT2D eigenvalue weighted by molar-refractivity contribution is 5.83. The predicted octanol–water partition coefficient (Wildman–Crippen LogP) is 4.13. The summed E-state index contributed by atoms with van der Waals surface area (Å²) >= 11 is 0. The van der Waals surface area contributed by atoms with Gasteiger partial charge >= 0.3 is 0 Å². The summed E-state index contributed by atoms with van der Waals surface area (Å²) in [5.74, 6) is 0.759. The van der Waals surface area contributed by atoms with E-state index in [1.807, 2.05) is 30.5 Å². The number of aliphatic hydroxyl groups is 1. The summed E-state index contributed by atoms with van der Waals surface area (Å²) in [6.45, 7) is 0. The molecule has 20 heavy (non-hydrogen) atoms. The van der Waals surface area contributed by atoms with Gasteiger partial charge in [0.1, 0.15) is 6.10 Å². The Labute approximate surface area is 118 Å². The van der Waals surface area contributed by atoms with Crippen LogP contribution in [0.3, 0.4) is 0 Å². The van der Waals surface area contributed by atoms with Crippen molar-refractivity contribution in [3.8, 4) is 0 Å². The number of benzene rings is 2. The molecule has 0 bridgehead atoms. The van der Waals surface area contributed by atoms with Gasteiger partial charge in [-0.2, -0.15) is 0 Å². The first-order valence-corrected chi connectivity index (χ1v) is 7.17. The van der Waals surface area contributed by atoms with Crippen LogP contribution in [0.15, 0.2) is 54.7 Å². The molecule has 100 valence electrons. The molecular formula is C18H17NO. The molecule has 0 radical (unpaired) electrons. The number of para-hydroxylation sites is 1. The maximum absolute atomic E-state index is 10.6. The second kappa shape index (κ2) is 4.50. The fourth-order valence-electron chi connectivity index (χ4n) is 2.87. The molecule has 2 N–H and O–H groups in total. The molecule has 2 nitrogen and oxygen atoms in total. The number of aliphatic hydroxyl groups excluding tert-OH is 1. The van der Waals surface area contributed by atoms with Crippen LogP contribution in [0.5, 0.6) is 0 Å². The van der Waals surface area contributed by atoms with Gasteiger partial charge in [0.25, 0.3) is 0 Å². The Morgan fingerprint density at radius 3 is 2.50 bits per heavy atom. The molecule has 4 rings (SSSR count). The topological polar surface area (TPSA) is 36.0 Å². The molecule has 3 aromatic rings. The molecule has 1 unspecified atom stereocenters. The molecule has 2 heteroatoms. The molecular weight excluding hydrogens is 246 g/mol. The maximum Gasteiger partial charge on any atom is 0.106 e. The molecule has 0 aliphatic heterocycles. The number of aromatic amines is 1. The normalized spacial score (nSPS) is 16.4. The Kier molecular flexibility index (Phi) is 2.64. The average molecular weight is 263 g/mol. The van der Waals surface area contributed by atoms with Gasteiger partial charge in [-0.05, 0) is 36.0 Å². The third-order valence-corrected chi connectivity index (χ3v) is 4.22. The van der Waals surface area contributed by atoms with Crippen LogP contribution >= 0.6 is 0 Å². The van der Waals surface area contributed by atoms with E-state index in [0.717, 1.165) is 27.9 Å². The second-order valence-corrected chi connectivity index (χ2v) is 5.63. The summed E-state index contributed by atoms with van der Waals surface area (Å²) in [5.41, 5.74) is 4.37. The van der Waals surface area contributed by atoms with Crippen LogP contribution in [-0.2, 0) is 0 Å². The molecule has 0 spiro atoms. The van der Waals surface area contributed by atoms with E-state index in [2.05, 4.69) is 29.2 Å². The van der Waals surface area contributed by atoms with Crippen LogP contribution in [0.25, 0.3) is 10.9 Å². The molecule has 1 atom stereocenters. The highest BCUT2D eigenvalue weighted by atomic mass is 16.3. The van der Waals surface area contributed by atoms with E-state index in [9.17, 15) is 5.11 Å². The third-order valence-electron chi connectivity index (χ3n) is 4.22. The van der Waals surface area contributed by atoms with Gasteiger partial charge in [-0.3, -0.25) is 0 Å². The van der Waals surface area contributed by atoms with Gasteiger partial charge in [0, 0.05) is 22.7 Å². The van der Waals surface area contributed by atoms with Crippen LogP contribution in [0.4, 0.5) is 0 Å². The Hall–Kier alpha value is -2.06. The molecule has 1 saturated carbocycles. The first-order chi connectivity index (χ1) is 9.83. The summed E-state index contributed by atoms with van der Waals surface area (Å²) in [6, 6.07) is 16.5. The Morgan fingerprint density at radius 1 is 1.00 bits per heavy atom. The van der Waals surface area contributed by atoms with Crippen molar-refractivity contribution in [1.29, 1.82) is 0 Å². The zero-order valence-electron chi connectivity index (χ0n) is 11.2. The summed E-state index contributed by atoms with van der Waals surface area (Å²) in [7, 11) is 0. The number of hydrogen-bond acceptors (Lipinski definition) is 1. The van der Waals surface area contributed by atoms with Crippen molar-refractivity contribution < 1.29 is 5.11 Å². The smallest absolute Gasteiger partial charge is 0.106 e. The number of hydrogen-bond donors (Lipinski definition) is 2. The molecule has 1 aliphatic carbocycles. The predicted molar refractivity (Wildman–Crippen MR) is 80.8 cm³/mol. The molecule has 1 aliphatic rings. The van der Waals surface area contributed by atoms with Crippen LogP contribution in [0.2, 0.25) is 0 Å².